The van der Waals surface area contributed by atoms with E-state index in [0.29, 0.717) is 12.0 Å². The molecule has 0 radical (unpaired) electrons. The molecule has 3 heterocycles. The largest absolute Gasteiger partial charge is 0.462 e. The van der Waals surface area contributed by atoms with Crippen LogP contribution >= 0.6 is 0 Å². The van der Waals surface area contributed by atoms with E-state index < -0.39 is 5.60 Å². The van der Waals surface area contributed by atoms with Crippen molar-refractivity contribution in [3.63, 3.8) is 0 Å². The Morgan fingerprint density at radius 1 is 1.23 bits per heavy atom. The Labute approximate surface area is 179 Å². The average molecular weight is 418 g/mol. The highest BCUT2D eigenvalue weighted by Gasteiger charge is 2.82. The first kappa shape index (κ1) is 19.5. The maximum Gasteiger partial charge on any atom is 0.313 e. The standard InChI is InChI=1S/C24H35NO5/c1-5-25-12-22(3)8-7-18(28-4)24-15-10-14-6-9-23(30-13(2)26,19(15)21(27)29-14)16(20(24)25)11-17(22)24/h14-20H,5-12H2,1-4H3/t14?,15-,16?,17-,18+,19-,20?,22+,23-,24?/m1/s1. The molecule has 0 aromatic rings. The zero-order chi connectivity index (χ0) is 21.1. The molecule has 0 N–H and O–H groups in total. The van der Waals surface area contributed by atoms with Crippen LogP contribution in [-0.2, 0) is 23.8 Å². The maximum atomic E-state index is 13.4. The lowest BCUT2D eigenvalue weighted by molar-refractivity contribution is -0.271. The van der Waals surface area contributed by atoms with Crippen LogP contribution < -0.4 is 0 Å². The highest BCUT2D eigenvalue weighted by Crippen LogP contribution is 2.77. The lowest BCUT2D eigenvalue weighted by atomic mass is 9.42. The number of hydrogen-bond acceptors (Lipinski definition) is 6. The third-order valence-corrected chi connectivity index (χ3v) is 10.5. The summed E-state index contributed by atoms with van der Waals surface area (Å²) in [7, 11) is 1.86. The van der Waals surface area contributed by atoms with Crippen molar-refractivity contribution in [2.75, 3.05) is 20.2 Å². The molecule has 0 amide bonds. The third-order valence-electron chi connectivity index (χ3n) is 10.5. The molecule has 6 nitrogen and oxygen atoms in total. The van der Waals surface area contributed by atoms with Crippen LogP contribution in [0.25, 0.3) is 0 Å². The first-order valence-electron chi connectivity index (χ1n) is 12.0. The van der Waals surface area contributed by atoms with Gasteiger partial charge in [-0.3, -0.25) is 14.5 Å². The summed E-state index contributed by atoms with van der Waals surface area (Å²) < 4.78 is 18.5. The van der Waals surface area contributed by atoms with Gasteiger partial charge in [0.15, 0.2) is 0 Å². The minimum atomic E-state index is -0.719. The van der Waals surface area contributed by atoms with Gasteiger partial charge in [0.05, 0.1) is 6.10 Å². The zero-order valence-electron chi connectivity index (χ0n) is 18.7. The molecule has 3 aliphatic heterocycles. The summed E-state index contributed by atoms with van der Waals surface area (Å²) in [5.74, 6) is 0.126. The quantitative estimate of drug-likeness (QED) is 0.658. The van der Waals surface area contributed by atoms with Crippen molar-refractivity contribution < 1.29 is 23.8 Å². The average Bonchev–Trinajstić information content (AvgIpc) is 2.75. The highest BCUT2D eigenvalue weighted by atomic mass is 16.6. The van der Waals surface area contributed by atoms with Crippen molar-refractivity contribution in [1.82, 2.24) is 4.90 Å². The van der Waals surface area contributed by atoms with Crippen LogP contribution in [-0.4, -0.2) is 60.9 Å². The van der Waals surface area contributed by atoms with Crippen molar-refractivity contribution in [1.29, 1.82) is 0 Å². The number of hydrogen-bond donors (Lipinski definition) is 0. The van der Waals surface area contributed by atoms with Gasteiger partial charge in [-0.05, 0) is 62.3 Å². The predicted octanol–water partition coefficient (Wildman–Crippen LogP) is 2.79. The first-order chi connectivity index (χ1) is 14.3. The molecule has 166 valence electrons. The number of rotatable bonds is 3. The number of fused-ring (bicyclic) bond motifs is 2. The van der Waals surface area contributed by atoms with Crippen molar-refractivity contribution in [2.24, 2.45) is 34.5 Å². The zero-order valence-corrected chi connectivity index (χ0v) is 18.7. The fourth-order valence-electron chi connectivity index (χ4n) is 9.96. The molecule has 1 spiro atoms. The Bertz CT molecular complexity index is 800. The minimum Gasteiger partial charge on any atom is -0.462 e. The van der Waals surface area contributed by atoms with Gasteiger partial charge in [0, 0.05) is 38.0 Å². The number of piperidine rings is 1. The number of carbonyl (C=O) groups is 2. The summed E-state index contributed by atoms with van der Waals surface area (Å²) in [5.41, 5.74) is -0.538. The smallest absolute Gasteiger partial charge is 0.313 e. The molecule has 3 saturated heterocycles. The van der Waals surface area contributed by atoms with E-state index in [0.717, 1.165) is 45.2 Å². The molecule has 6 heteroatoms. The monoisotopic (exact) mass is 417 g/mol. The third kappa shape index (κ3) is 2.00. The minimum absolute atomic E-state index is 0.0446. The molecule has 7 rings (SSSR count). The van der Waals surface area contributed by atoms with Gasteiger partial charge in [-0.1, -0.05) is 13.8 Å². The summed E-state index contributed by atoms with van der Waals surface area (Å²) in [6, 6.07) is 0.316. The van der Waals surface area contributed by atoms with Crippen molar-refractivity contribution in [3.8, 4) is 0 Å². The Kier molecular flexibility index (Phi) is 3.91. The number of ether oxygens (including phenoxy) is 3. The van der Waals surface area contributed by atoms with Crippen molar-refractivity contribution in [2.45, 2.75) is 83.1 Å². The van der Waals surface area contributed by atoms with Gasteiger partial charge in [0.25, 0.3) is 0 Å². The highest BCUT2D eigenvalue weighted by molar-refractivity contribution is 5.78. The maximum absolute atomic E-state index is 13.4. The molecule has 4 saturated carbocycles. The predicted molar refractivity (Wildman–Crippen MR) is 108 cm³/mol. The lowest BCUT2D eigenvalue weighted by Crippen LogP contribution is -2.76. The van der Waals surface area contributed by atoms with E-state index in [9.17, 15) is 9.59 Å². The molecule has 7 aliphatic rings. The summed E-state index contributed by atoms with van der Waals surface area (Å²) in [4.78, 5) is 28.5. The Hall–Kier alpha value is -1.14. The van der Waals surface area contributed by atoms with E-state index >= 15 is 0 Å². The second-order valence-electron chi connectivity index (χ2n) is 11.3. The Morgan fingerprint density at radius 2 is 2.03 bits per heavy atom. The van der Waals surface area contributed by atoms with Crippen LogP contribution in [0, 0.1) is 34.5 Å². The number of methoxy groups -OCH3 is 1. The van der Waals surface area contributed by atoms with Gasteiger partial charge in [-0.25, -0.2) is 0 Å². The molecular weight excluding hydrogens is 382 g/mol. The summed E-state index contributed by atoms with van der Waals surface area (Å²) in [5, 5.41) is 0. The van der Waals surface area contributed by atoms with Gasteiger partial charge in [-0.2, -0.15) is 0 Å². The number of nitrogens with zero attached hydrogens (tertiary/aromatic N) is 1. The molecule has 30 heavy (non-hydrogen) atoms. The fourth-order valence-corrected chi connectivity index (χ4v) is 9.96. The van der Waals surface area contributed by atoms with Crippen LogP contribution in [0.15, 0.2) is 0 Å². The second-order valence-corrected chi connectivity index (χ2v) is 11.3. The number of likely N-dealkylation sites (tertiary alicyclic amines) is 1. The van der Waals surface area contributed by atoms with Gasteiger partial charge >= 0.3 is 11.9 Å². The molecule has 4 aliphatic carbocycles. The number of esters is 2. The normalized spacial score (nSPS) is 55.7. The summed E-state index contributed by atoms with van der Waals surface area (Å²) in [6.45, 7) is 8.33. The van der Waals surface area contributed by atoms with Gasteiger partial charge in [0.1, 0.15) is 17.6 Å². The van der Waals surface area contributed by atoms with Crippen molar-refractivity contribution >= 4 is 11.9 Å². The van der Waals surface area contributed by atoms with E-state index in [4.69, 9.17) is 14.2 Å². The first-order valence-corrected chi connectivity index (χ1v) is 12.0. The van der Waals surface area contributed by atoms with E-state index in [1.807, 2.05) is 7.11 Å². The lowest BCUT2D eigenvalue weighted by Gasteiger charge is -2.69. The Morgan fingerprint density at radius 3 is 2.73 bits per heavy atom. The van der Waals surface area contributed by atoms with Crippen molar-refractivity contribution in [3.05, 3.63) is 0 Å². The van der Waals surface area contributed by atoms with Crippen LogP contribution in [0.4, 0.5) is 0 Å². The Balaban J connectivity index is 1.63. The fraction of sp³-hybridized carbons (Fsp3) is 0.917. The topological polar surface area (TPSA) is 65.1 Å². The molecule has 0 aromatic heterocycles. The van der Waals surface area contributed by atoms with Gasteiger partial charge in [0.2, 0.25) is 0 Å². The number of carbonyl (C=O) groups excluding carboxylic acids is 2. The molecule has 0 aromatic carbocycles. The van der Waals surface area contributed by atoms with E-state index in [1.54, 1.807) is 0 Å². The summed E-state index contributed by atoms with van der Waals surface area (Å²) >= 11 is 0. The van der Waals surface area contributed by atoms with E-state index in [1.165, 1.54) is 13.3 Å². The van der Waals surface area contributed by atoms with E-state index in [2.05, 4.69) is 18.7 Å². The second kappa shape index (κ2) is 6.00. The molecular formula is C24H35NO5. The van der Waals surface area contributed by atoms with Crippen LogP contribution in [0.2, 0.25) is 0 Å². The van der Waals surface area contributed by atoms with Crippen LogP contribution in [0.3, 0.4) is 0 Å². The van der Waals surface area contributed by atoms with Gasteiger partial charge < -0.3 is 14.2 Å². The molecule has 10 atom stereocenters. The molecule has 4 unspecified atom stereocenters. The van der Waals surface area contributed by atoms with Gasteiger partial charge in [-0.15, -0.1) is 0 Å². The SMILES string of the molecule is CCN1C[C@]2(C)CC[C@H](OC)C34C1C(C[C@@H]32)[C@]1(OC(C)=O)CCC2C[C@@H]4[C@@H]1C(=O)O2. The van der Waals surface area contributed by atoms with Crippen LogP contribution in [0.5, 0.6) is 0 Å². The van der Waals surface area contributed by atoms with E-state index in [-0.39, 0.29) is 52.7 Å². The summed E-state index contributed by atoms with van der Waals surface area (Å²) in [6.07, 6.45) is 5.83. The molecule has 9 bridgehead atoms. The molecule has 7 fully saturated rings. The van der Waals surface area contributed by atoms with Crippen LogP contribution in [0.1, 0.15) is 59.3 Å².